The van der Waals surface area contributed by atoms with Gasteiger partial charge in [-0.2, -0.15) is 13.2 Å². The average Bonchev–Trinajstić information content (AvgIpc) is 3.37. The standard InChI is InChI=1S/C20H20F4N4O3/c1-10(29)12-7-8-13-16(15(12)21)25-18-26-17(31)19(28(13)18,20(22,23)24)27-14(30)9-6-11-4-2-3-5-11/h7-8,11H,2-6,9H2,1H3,(H,27,30)(H,25,26,31). The number of amides is 2. The molecule has 0 bridgehead atoms. The second-order valence-electron chi connectivity index (χ2n) is 8.02. The monoisotopic (exact) mass is 440 g/mol. The largest absolute Gasteiger partial charge is 0.440 e. The van der Waals surface area contributed by atoms with Gasteiger partial charge in [0.2, 0.25) is 11.9 Å². The number of fused-ring (bicyclic) bond motifs is 3. The van der Waals surface area contributed by atoms with E-state index < -0.39 is 46.7 Å². The van der Waals surface area contributed by atoms with Gasteiger partial charge >= 0.3 is 6.18 Å². The van der Waals surface area contributed by atoms with Gasteiger partial charge in [-0.3, -0.25) is 24.3 Å². The highest BCUT2D eigenvalue weighted by atomic mass is 19.4. The zero-order valence-corrected chi connectivity index (χ0v) is 16.6. The number of hydrogen-bond donors (Lipinski definition) is 2. The molecule has 2 aliphatic rings. The predicted molar refractivity (Wildman–Crippen MR) is 102 cm³/mol. The van der Waals surface area contributed by atoms with Crippen molar-refractivity contribution < 1.29 is 31.9 Å². The number of aromatic nitrogens is 2. The second-order valence-corrected chi connectivity index (χ2v) is 8.02. The van der Waals surface area contributed by atoms with Crippen LogP contribution in [0.3, 0.4) is 0 Å². The molecule has 2 N–H and O–H groups in total. The van der Waals surface area contributed by atoms with Gasteiger partial charge in [0.1, 0.15) is 5.52 Å². The molecular weight excluding hydrogens is 420 g/mol. The quantitative estimate of drug-likeness (QED) is 0.549. The lowest BCUT2D eigenvalue weighted by Crippen LogP contribution is -2.63. The Morgan fingerprint density at radius 3 is 2.58 bits per heavy atom. The SMILES string of the molecule is CC(=O)c1ccc2c(nc3n2C(NC(=O)CCC2CCCC2)(C(F)(F)F)C(=O)N3)c1F. The molecule has 0 radical (unpaired) electrons. The maximum Gasteiger partial charge on any atom is 0.440 e. The zero-order chi connectivity index (χ0) is 22.6. The summed E-state index contributed by atoms with van der Waals surface area (Å²) in [6.07, 6.45) is -1.08. The number of nitrogens with one attached hydrogen (secondary N) is 2. The number of ketones is 1. The van der Waals surface area contributed by atoms with Crippen LogP contribution in [-0.4, -0.2) is 33.3 Å². The van der Waals surface area contributed by atoms with Crippen molar-refractivity contribution in [2.45, 2.75) is 57.3 Å². The summed E-state index contributed by atoms with van der Waals surface area (Å²) >= 11 is 0. The summed E-state index contributed by atoms with van der Waals surface area (Å²) in [5.74, 6) is -4.48. The Kier molecular flexibility index (Phi) is 5.01. The van der Waals surface area contributed by atoms with Crippen molar-refractivity contribution in [3.8, 4) is 0 Å². The van der Waals surface area contributed by atoms with Gasteiger partial charge in [-0.1, -0.05) is 25.7 Å². The Labute approximate surface area is 174 Å². The van der Waals surface area contributed by atoms with Gasteiger partial charge in [0.25, 0.3) is 11.6 Å². The number of nitrogens with zero attached hydrogens (tertiary/aromatic N) is 2. The summed E-state index contributed by atoms with van der Waals surface area (Å²) < 4.78 is 58.0. The van der Waals surface area contributed by atoms with Crippen LogP contribution >= 0.6 is 0 Å². The highest BCUT2D eigenvalue weighted by Crippen LogP contribution is 2.44. The topological polar surface area (TPSA) is 93.1 Å². The minimum atomic E-state index is -5.24. The first kappa shape index (κ1) is 21.3. The van der Waals surface area contributed by atoms with Crippen LogP contribution in [0.15, 0.2) is 12.1 Å². The molecule has 1 fully saturated rings. The molecule has 166 valence electrons. The van der Waals surface area contributed by atoms with Crippen LogP contribution < -0.4 is 10.6 Å². The number of carbonyl (C=O) groups is 3. The number of alkyl halides is 3. The highest BCUT2D eigenvalue weighted by Gasteiger charge is 2.67. The van der Waals surface area contributed by atoms with E-state index in [1.54, 1.807) is 0 Å². The first-order valence-corrected chi connectivity index (χ1v) is 9.98. The molecule has 4 rings (SSSR count). The van der Waals surface area contributed by atoms with Gasteiger partial charge in [0, 0.05) is 6.42 Å². The van der Waals surface area contributed by atoms with Crippen molar-refractivity contribution in [2.24, 2.45) is 5.92 Å². The van der Waals surface area contributed by atoms with Crippen molar-refractivity contribution in [1.29, 1.82) is 0 Å². The molecule has 1 aromatic carbocycles. The van der Waals surface area contributed by atoms with Gasteiger partial charge < -0.3 is 5.32 Å². The van der Waals surface area contributed by atoms with Crippen LogP contribution in [0.4, 0.5) is 23.5 Å². The molecular formula is C20H20F4N4O3. The summed E-state index contributed by atoms with van der Waals surface area (Å²) in [7, 11) is 0. The van der Waals surface area contributed by atoms with E-state index in [2.05, 4.69) is 4.98 Å². The van der Waals surface area contributed by atoms with Gasteiger partial charge in [-0.15, -0.1) is 0 Å². The first-order valence-electron chi connectivity index (χ1n) is 9.98. The lowest BCUT2D eigenvalue weighted by Gasteiger charge is -2.32. The Balaban J connectivity index is 1.77. The maximum atomic E-state index is 14.7. The number of halogens is 4. The molecule has 0 saturated heterocycles. The molecule has 0 spiro atoms. The summed E-state index contributed by atoms with van der Waals surface area (Å²) in [4.78, 5) is 40.3. The molecule has 1 unspecified atom stereocenters. The van der Waals surface area contributed by atoms with E-state index in [1.165, 1.54) is 0 Å². The second kappa shape index (κ2) is 7.31. The number of anilines is 1. The predicted octanol–water partition coefficient (Wildman–Crippen LogP) is 3.63. The summed E-state index contributed by atoms with van der Waals surface area (Å²) in [5, 5.41) is 3.84. The molecule has 7 nitrogen and oxygen atoms in total. The molecule has 11 heteroatoms. The summed E-state index contributed by atoms with van der Waals surface area (Å²) in [6, 6.07) is 2.11. The Morgan fingerprint density at radius 1 is 1.29 bits per heavy atom. The van der Waals surface area contributed by atoms with Gasteiger partial charge in [-0.25, -0.2) is 9.37 Å². The molecule has 2 heterocycles. The van der Waals surface area contributed by atoms with Crippen molar-refractivity contribution in [1.82, 2.24) is 14.9 Å². The first-order chi connectivity index (χ1) is 14.6. The van der Waals surface area contributed by atoms with E-state index in [0.29, 0.717) is 11.0 Å². The molecule has 1 saturated carbocycles. The fourth-order valence-electron chi connectivity index (χ4n) is 4.44. The Morgan fingerprint density at radius 2 is 1.97 bits per heavy atom. The van der Waals surface area contributed by atoms with Crippen LogP contribution in [0.1, 0.15) is 55.8 Å². The molecule has 1 atom stereocenters. The van der Waals surface area contributed by atoms with E-state index in [-0.39, 0.29) is 23.4 Å². The number of hydrogen-bond acceptors (Lipinski definition) is 4. The van der Waals surface area contributed by atoms with Crippen molar-refractivity contribution >= 4 is 34.6 Å². The van der Waals surface area contributed by atoms with Crippen molar-refractivity contribution in [2.75, 3.05) is 5.32 Å². The Hall–Kier alpha value is -2.98. The van der Waals surface area contributed by atoms with Crippen LogP contribution in [0, 0.1) is 11.7 Å². The van der Waals surface area contributed by atoms with Crippen LogP contribution in [-0.2, 0) is 15.3 Å². The fourth-order valence-corrected chi connectivity index (χ4v) is 4.44. The van der Waals surface area contributed by atoms with Crippen LogP contribution in [0.5, 0.6) is 0 Å². The number of imidazole rings is 1. The fraction of sp³-hybridized carbons (Fsp3) is 0.500. The third-order valence-corrected chi connectivity index (χ3v) is 6.02. The lowest BCUT2D eigenvalue weighted by atomic mass is 10.0. The Bertz CT molecular complexity index is 1090. The van der Waals surface area contributed by atoms with Gasteiger partial charge in [0.15, 0.2) is 11.6 Å². The minimum Gasteiger partial charge on any atom is -0.317 e. The minimum absolute atomic E-state index is 0.166. The number of Topliss-reactive ketones (excluding diaryl/α,β-unsaturated/α-hetero) is 1. The van der Waals surface area contributed by atoms with Gasteiger partial charge in [0.05, 0.1) is 11.1 Å². The number of rotatable bonds is 5. The molecule has 1 aliphatic heterocycles. The third-order valence-electron chi connectivity index (χ3n) is 6.02. The molecule has 1 aromatic heterocycles. The van der Waals surface area contributed by atoms with Crippen molar-refractivity contribution in [3.05, 3.63) is 23.5 Å². The van der Waals surface area contributed by atoms with E-state index in [9.17, 15) is 31.9 Å². The smallest absolute Gasteiger partial charge is 0.317 e. The third kappa shape index (κ3) is 3.26. The lowest BCUT2D eigenvalue weighted by molar-refractivity contribution is -0.217. The highest BCUT2D eigenvalue weighted by molar-refractivity contribution is 6.06. The summed E-state index contributed by atoms with van der Waals surface area (Å²) in [6.45, 7) is 1.11. The van der Waals surface area contributed by atoms with Gasteiger partial charge in [-0.05, 0) is 31.4 Å². The van der Waals surface area contributed by atoms with E-state index in [0.717, 1.165) is 44.7 Å². The molecule has 2 amide bonds. The normalized spacial score (nSPS) is 21.4. The van der Waals surface area contributed by atoms with E-state index >= 15 is 0 Å². The van der Waals surface area contributed by atoms with E-state index in [1.807, 2.05) is 10.6 Å². The summed E-state index contributed by atoms with van der Waals surface area (Å²) in [5.41, 5.74) is -4.68. The van der Waals surface area contributed by atoms with Crippen molar-refractivity contribution in [3.63, 3.8) is 0 Å². The molecule has 2 aromatic rings. The number of benzene rings is 1. The number of carbonyl (C=O) groups excluding carboxylic acids is 3. The maximum absolute atomic E-state index is 14.7. The molecule has 1 aliphatic carbocycles. The molecule has 31 heavy (non-hydrogen) atoms. The average molecular weight is 440 g/mol. The zero-order valence-electron chi connectivity index (χ0n) is 16.6. The van der Waals surface area contributed by atoms with E-state index in [4.69, 9.17) is 0 Å². The van der Waals surface area contributed by atoms with Crippen LogP contribution in [0.25, 0.3) is 11.0 Å². The van der Waals surface area contributed by atoms with Crippen LogP contribution in [0.2, 0.25) is 0 Å².